The van der Waals surface area contributed by atoms with Gasteiger partial charge in [0, 0.05) is 30.9 Å². The average Bonchev–Trinajstić information content (AvgIpc) is 2.18. The molecule has 0 aliphatic heterocycles. The van der Waals surface area contributed by atoms with Crippen LogP contribution in [0.5, 0.6) is 0 Å². The van der Waals surface area contributed by atoms with Crippen molar-refractivity contribution in [1.29, 1.82) is 0 Å². The Morgan fingerprint density at radius 1 is 1.43 bits per heavy atom. The van der Waals surface area contributed by atoms with E-state index < -0.39 is 5.97 Å². The Bertz CT molecular complexity index is 277. The van der Waals surface area contributed by atoms with Gasteiger partial charge in [0.1, 0.15) is 6.33 Å². The maximum atomic E-state index is 10.2. The van der Waals surface area contributed by atoms with Crippen molar-refractivity contribution in [2.45, 2.75) is 19.4 Å². The molecule has 0 fully saturated rings. The number of hydrogen-bond donors (Lipinski definition) is 2. The van der Waals surface area contributed by atoms with Gasteiger partial charge in [-0.2, -0.15) is 0 Å². The second-order valence-corrected chi connectivity index (χ2v) is 2.92. The minimum atomic E-state index is -0.755. The molecule has 0 unspecified atom stereocenters. The monoisotopic (exact) mass is 195 g/mol. The molecule has 0 saturated heterocycles. The summed E-state index contributed by atoms with van der Waals surface area (Å²) in [5.74, 6) is -0.755. The molecule has 5 heteroatoms. The standard InChI is InChI=1S/C9H13N3O2/c13-9(14)2-1-3-10-4-8-5-11-7-12-6-8/h5-7,10H,1-4H2,(H,13,14). The molecule has 2 N–H and O–H groups in total. The number of nitrogens with one attached hydrogen (secondary N) is 1. The van der Waals surface area contributed by atoms with Gasteiger partial charge in [-0.15, -0.1) is 0 Å². The van der Waals surface area contributed by atoms with Gasteiger partial charge in [-0.05, 0) is 13.0 Å². The first-order chi connectivity index (χ1) is 6.79. The highest BCUT2D eigenvalue weighted by molar-refractivity contribution is 5.66. The zero-order valence-electron chi connectivity index (χ0n) is 7.81. The Morgan fingerprint density at radius 3 is 2.79 bits per heavy atom. The molecule has 5 nitrogen and oxygen atoms in total. The van der Waals surface area contributed by atoms with Crippen LogP contribution in [0.3, 0.4) is 0 Å². The van der Waals surface area contributed by atoms with Crippen LogP contribution >= 0.6 is 0 Å². The summed E-state index contributed by atoms with van der Waals surface area (Å²) in [5.41, 5.74) is 1.00. The molecule has 1 heterocycles. The highest BCUT2D eigenvalue weighted by Gasteiger charge is 1.96. The van der Waals surface area contributed by atoms with E-state index in [0.717, 1.165) is 5.56 Å². The zero-order valence-corrected chi connectivity index (χ0v) is 7.81. The van der Waals surface area contributed by atoms with Crippen molar-refractivity contribution in [1.82, 2.24) is 15.3 Å². The quantitative estimate of drug-likeness (QED) is 0.644. The van der Waals surface area contributed by atoms with Gasteiger partial charge in [0.05, 0.1) is 0 Å². The van der Waals surface area contributed by atoms with Gasteiger partial charge >= 0.3 is 5.97 Å². The third-order valence-corrected chi connectivity index (χ3v) is 1.69. The molecule has 0 spiro atoms. The van der Waals surface area contributed by atoms with Gasteiger partial charge in [0.25, 0.3) is 0 Å². The van der Waals surface area contributed by atoms with Crippen LogP contribution in [0.1, 0.15) is 18.4 Å². The van der Waals surface area contributed by atoms with Gasteiger partial charge in [-0.1, -0.05) is 0 Å². The minimum Gasteiger partial charge on any atom is -0.481 e. The maximum absolute atomic E-state index is 10.2. The third kappa shape index (κ3) is 4.51. The summed E-state index contributed by atoms with van der Waals surface area (Å²) < 4.78 is 0. The van der Waals surface area contributed by atoms with E-state index in [1.165, 1.54) is 6.33 Å². The molecule has 14 heavy (non-hydrogen) atoms. The van der Waals surface area contributed by atoms with Crippen LogP contribution in [-0.2, 0) is 11.3 Å². The molecule has 1 aromatic rings. The highest BCUT2D eigenvalue weighted by Crippen LogP contribution is 1.92. The normalized spacial score (nSPS) is 10.0. The van der Waals surface area contributed by atoms with Crippen LogP contribution < -0.4 is 5.32 Å². The van der Waals surface area contributed by atoms with E-state index in [-0.39, 0.29) is 6.42 Å². The van der Waals surface area contributed by atoms with Crippen molar-refractivity contribution in [3.05, 3.63) is 24.3 Å². The first-order valence-corrected chi connectivity index (χ1v) is 4.45. The van der Waals surface area contributed by atoms with Crippen molar-refractivity contribution in [2.24, 2.45) is 0 Å². The second kappa shape index (κ2) is 6.04. The van der Waals surface area contributed by atoms with E-state index in [4.69, 9.17) is 5.11 Å². The zero-order chi connectivity index (χ0) is 10.2. The van der Waals surface area contributed by atoms with E-state index in [1.807, 2.05) is 0 Å². The van der Waals surface area contributed by atoms with Gasteiger partial charge < -0.3 is 10.4 Å². The molecular weight excluding hydrogens is 182 g/mol. The molecule has 0 atom stereocenters. The number of carbonyl (C=O) groups is 1. The van der Waals surface area contributed by atoms with E-state index in [9.17, 15) is 4.79 Å². The van der Waals surface area contributed by atoms with E-state index >= 15 is 0 Å². The smallest absolute Gasteiger partial charge is 0.303 e. The van der Waals surface area contributed by atoms with Gasteiger partial charge in [0.15, 0.2) is 0 Å². The van der Waals surface area contributed by atoms with Crippen molar-refractivity contribution in [3.63, 3.8) is 0 Å². The van der Waals surface area contributed by atoms with Crippen LogP contribution in [0, 0.1) is 0 Å². The first-order valence-electron chi connectivity index (χ1n) is 4.45. The summed E-state index contributed by atoms with van der Waals surface area (Å²) in [6.45, 7) is 1.38. The lowest BCUT2D eigenvalue weighted by molar-refractivity contribution is -0.137. The molecule has 0 aliphatic carbocycles. The SMILES string of the molecule is O=C(O)CCCNCc1cncnc1. The topological polar surface area (TPSA) is 75.1 Å². The number of aliphatic carboxylic acids is 1. The van der Waals surface area contributed by atoms with Crippen LogP contribution in [0.4, 0.5) is 0 Å². The van der Waals surface area contributed by atoms with Crippen LogP contribution in [-0.4, -0.2) is 27.6 Å². The van der Waals surface area contributed by atoms with E-state index in [2.05, 4.69) is 15.3 Å². The Morgan fingerprint density at radius 2 is 2.14 bits per heavy atom. The Hall–Kier alpha value is -1.49. The summed E-state index contributed by atoms with van der Waals surface area (Å²) in [6, 6.07) is 0. The summed E-state index contributed by atoms with van der Waals surface area (Å²) in [7, 11) is 0. The van der Waals surface area contributed by atoms with E-state index in [0.29, 0.717) is 19.5 Å². The van der Waals surface area contributed by atoms with Crippen molar-refractivity contribution < 1.29 is 9.90 Å². The number of nitrogens with zero attached hydrogens (tertiary/aromatic N) is 2. The molecular formula is C9H13N3O2. The van der Waals surface area contributed by atoms with Crippen molar-refractivity contribution >= 4 is 5.97 Å². The molecule has 0 saturated carbocycles. The van der Waals surface area contributed by atoms with Crippen LogP contribution in [0.25, 0.3) is 0 Å². The largest absolute Gasteiger partial charge is 0.481 e. The Balaban J connectivity index is 2.08. The summed E-state index contributed by atoms with van der Waals surface area (Å²) >= 11 is 0. The van der Waals surface area contributed by atoms with Crippen LogP contribution in [0.2, 0.25) is 0 Å². The van der Waals surface area contributed by atoms with Crippen LogP contribution in [0.15, 0.2) is 18.7 Å². The molecule has 0 radical (unpaired) electrons. The first kappa shape index (κ1) is 10.6. The molecule has 0 bridgehead atoms. The molecule has 1 rings (SSSR count). The summed E-state index contributed by atoms with van der Waals surface area (Å²) in [6.07, 6.45) is 5.80. The van der Waals surface area contributed by atoms with Gasteiger partial charge in [-0.25, -0.2) is 9.97 Å². The third-order valence-electron chi connectivity index (χ3n) is 1.69. The van der Waals surface area contributed by atoms with Gasteiger partial charge in [0.2, 0.25) is 0 Å². The molecule has 0 aromatic carbocycles. The summed E-state index contributed by atoms with van der Waals surface area (Å²) in [4.78, 5) is 17.9. The fourth-order valence-electron chi connectivity index (χ4n) is 1.02. The lowest BCUT2D eigenvalue weighted by Gasteiger charge is -2.02. The average molecular weight is 195 g/mol. The number of rotatable bonds is 6. The van der Waals surface area contributed by atoms with Gasteiger partial charge in [-0.3, -0.25) is 4.79 Å². The highest BCUT2D eigenvalue weighted by atomic mass is 16.4. The lowest BCUT2D eigenvalue weighted by atomic mass is 10.3. The molecule has 76 valence electrons. The lowest BCUT2D eigenvalue weighted by Crippen LogP contribution is -2.15. The summed E-state index contributed by atoms with van der Waals surface area (Å²) in [5, 5.41) is 11.5. The molecule has 0 amide bonds. The predicted octanol–water partition coefficient (Wildman–Crippen LogP) is 0.431. The minimum absolute atomic E-state index is 0.207. The number of aromatic nitrogens is 2. The predicted molar refractivity (Wildman–Crippen MR) is 50.6 cm³/mol. The molecule has 0 aliphatic rings. The van der Waals surface area contributed by atoms with E-state index in [1.54, 1.807) is 12.4 Å². The van der Waals surface area contributed by atoms with Crippen molar-refractivity contribution in [3.8, 4) is 0 Å². The fourth-order valence-corrected chi connectivity index (χ4v) is 1.02. The second-order valence-electron chi connectivity index (χ2n) is 2.92. The number of hydrogen-bond acceptors (Lipinski definition) is 4. The Kier molecular flexibility index (Phi) is 4.57. The molecule has 1 aromatic heterocycles. The number of carboxylic acids is 1. The number of carboxylic acid groups (broad SMARTS) is 1. The van der Waals surface area contributed by atoms with Crippen molar-refractivity contribution in [2.75, 3.05) is 6.54 Å². The maximum Gasteiger partial charge on any atom is 0.303 e. The Labute approximate surface area is 82.2 Å². The fraction of sp³-hybridized carbons (Fsp3) is 0.444.